The molecule has 13 heavy (non-hydrogen) atoms. The summed E-state index contributed by atoms with van der Waals surface area (Å²) in [6, 6.07) is 6.11. The zero-order valence-electron chi connectivity index (χ0n) is 7.01. The van der Waals surface area contributed by atoms with Crippen LogP contribution in [-0.4, -0.2) is 33.5 Å². The van der Waals surface area contributed by atoms with Crippen molar-refractivity contribution in [2.24, 2.45) is 0 Å². The quantitative estimate of drug-likeness (QED) is 0.572. The number of sulfone groups is 1. The average Bonchev–Trinajstić information content (AvgIpc) is 1.86. The molecule has 4 nitrogen and oxygen atoms in total. The molecule has 1 aromatic rings. The van der Waals surface area contributed by atoms with Crippen molar-refractivity contribution in [1.82, 2.24) is 0 Å². The third-order valence-corrected chi connectivity index (χ3v) is 2.44. The Labute approximate surface area is 78.5 Å². The number of benzene rings is 1. The first-order valence-electron chi connectivity index (χ1n) is 3.06. The summed E-state index contributed by atoms with van der Waals surface area (Å²) in [6.07, 6.45) is 1.17. The van der Waals surface area contributed by atoms with Crippen LogP contribution in [0.15, 0.2) is 29.2 Å². The Morgan fingerprint density at radius 3 is 1.77 bits per heavy atom. The summed E-state index contributed by atoms with van der Waals surface area (Å²) < 4.78 is 21.8. The van der Waals surface area contributed by atoms with Crippen LogP contribution in [-0.2, 0) is 9.84 Å². The van der Waals surface area contributed by atoms with Gasteiger partial charge in [0.15, 0.2) is 0 Å². The van der Waals surface area contributed by atoms with Crippen LogP contribution in [0.4, 0.5) is 0 Å². The third-order valence-electron chi connectivity index (χ3n) is 1.31. The van der Waals surface area contributed by atoms with Gasteiger partial charge in [0.2, 0.25) is 0 Å². The smallest absolute Gasteiger partial charge is 0.870 e. The molecule has 1 rings (SSSR count). The molecule has 0 aliphatic carbocycles. The standard InChI is InChI=1S/C7H7BO2S.2H2O/c1-11(9,10)7-4-2-6(8)3-5-7;;/h2-5H,1H3;2*1H2/q+2;;/p-2. The van der Waals surface area contributed by atoms with Crippen LogP contribution in [0.2, 0.25) is 0 Å². The molecule has 0 aliphatic rings. The van der Waals surface area contributed by atoms with E-state index in [0.717, 1.165) is 0 Å². The Balaban J connectivity index is 0. The Morgan fingerprint density at radius 2 is 1.46 bits per heavy atom. The van der Waals surface area contributed by atoms with E-state index in [0.29, 0.717) is 10.4 Å². The molecule has 0 atom stereocenters. The van der Waals surface area contributed by atoms with Gasteiger partial charge in [0.1, 0.15) is 0 Å². The van der Waals surface area contributed by atoms with Gasteiger partial charge < -0.3 is 11.0 Å². The van der Waals surface area contributed by atoms with Gasteiger partial charge in [-0.25, -0.2) is 0 Å². The monoisotopic (exact) mass is 200 g/mol. The Hall–Kier alpha value is -0.845. The first kappa shape index (κ1) is 14.7. The molecule has 0 aliphatic heterocycles. The fraction of sp³-hybridized carbons (Fsp3) is 0.143. The van der Waals surface area contributed by atoms with Crippen molar-refractivity contribution in [2.45, 2.75) is 4.90 Å². The molecule has 6 heteroatoms. The fourth-order valence-corrected chi connectivity index (χ4v) is 1.35. The topological polar surface area (TPSA) is 94.1 Å². The van der Waals surface area contributed by atoms with E-state index in [1.807, 2.05) is 0 Å². The summed E-state index contributed by atoms with van der Waals surface area (Å²) >= 11 is 0. The van der Waals surface area contributed by atoms with Gasteiger partial charge in [-0.1, -0.05) is 0 Å². The maximum absolute atomic E-state index is 10.9. The first-order chi connectivity index (χ1) is 5.00. The molecular formula is C7H9BO4S. The van der Waals surface area contributed by atoms with E-state index < -0.39 is 9.84 Å². The summed E-state index contributed by atoms with van der Waals surface area (Å²) in [7, 11) is 2.30. The zero-order valence-corrected chi connectivity index (χ0v) is 7.82. The molecule has 0 spiro atoms. The van der Waals surface area contributed by atoms with E-state index in [2.05, 4.69) is 0 Å². The van der Waals surface area contributed by atoms with Crippen molar-refractivity contribution in [3.63, 3.8) is 0 Å². The second kappa shape index (κ2) is 5.01. The summed E-state index contributed by atoms with van der Waals surface area (Å²) in [5.41, 5.74) is 0.567. The molecule has 0 heterocycles. The van der Waals surface area contributed by atoms with Crippen LogP contribution in [0, 0.1) is 0 Å². The van der Waals surface area contributed by atoms with Crippen molar-refractivity contribution < 1.29 is 19.4 Å². The molecule has 0 amide bonds. The fourth-order valence-electron chi connectivity index (χ4n) is 0.715. The summed E-state index contributed by atoms with van der Waals surface area (Å²) in [5.74, 6) is 0. The maximum Gasteiger partial charge on any atom is -0.870 e. The maximum atomic E-state index is 10.9. The SMILES string of the molecule is [B+2]c1ccc(S(C)(=O)=O)cc1.[OH-].[OH-]. The van der Waals surface area contributed by atoms with E-state index in [-0.39, 0.29) is 11.0 Å². The van der Waals surface area contributed by atoms with Gasteiger partial charge in [-0.2, -0.15) is 0 Å². The second-order valence-corrected chi connectivity index (χ2v) is 4.36. The van der Waals surface area contributed by atoms with Crippen molar-refractivity contribution in [1.29, 1.82) is 0 Å². The van der Waals surface area contributed by atoms with Crippen molar-refractivity contribution in [3.8, 4) is 0 Å². The minimum absolute atomic E-state index is 0. The summed E-state index contributed by atoms with van der Waals surface area (Å²) in [6.45, 7) is 0. The molecule has 0 saturated carbocycles. The predicted octanol–water partition coefficient (Wildman–Crippen LogP) is -0.470. The average molecular weight is 200 g/mol. The molecule has 0 aromatic heterocycles. The molecule has 0 saturated heterocycles. The van der Waals surface area contributed by atoms with E-state index in [4.69, 9.17) is 7.85 Å². The predicted molar refractivity (Wildman–Crippen MR) is 48.8 cm³/mol. The van der Waals surface area contributed by atoms with Crippen LogP contribution < -0.4 is 5.46 Å². The van der Waals surface area contributed by atoms with Crippen LogP contribution in [0.25, 0.3) is 0 Å². The van der Waals surface area contributed by atoms with Gasteiger partial charge in [0, 0.05) is 0 Å². The molecule has 2 N–H and O–H groups in total. The Morgan fingerprint density at radius 1 is 1.08 bits per heavy atom. The molecule has 0 fully saturated rings. The zero-order chi connectivity index (χ0) is 8.48. The van der Waals surface area contributed by atoms with Gasteiger partial charge in [-0.15, -0.1) is 0 Å². The normalized spacial score (nSPS) is 9.77. The van der Waals surface area contributed by atoms with E-state index in [1.165, 1.54) is 18.4 Å². The molecular weight excluding hydrogens is 191 g/mol. The van der Waals surface area contributed by atoms with Crippen molar-refractivity contribution in [2.75, 3.05) is 6.26 Å². The van der Waals surface area contributed by atoms with E-state index in [9.17, 15) is 8.42 Å². The minimum Gasteiger partial charge on any atom is -0.870 e. The van der Waals surface area contributed by atoms with E-state index in [1.54, 1.807) is 12.1 Å². The van der Waals surface area contributed by atoms with Crippen LogP contribution in [0.1, 0.15) is 0 Å². The third kappa shape index (κ3) is 4.07. The molecule has 70 valence electrons. The van der Waals surface area contributed by atoms with Crippen LogP contribution in [0.3, 0.4) is 0 Å². The van der Waals surface area contributed by atoms with Gasteiger partial charge in [-0.3, -0.25) is 0 Å². The van der Waals surface area contributed by atoms with Gasteiger partial charge in [0.25, 0.3) is 0 Å². The van der Waals surface area contributed by atoms with Gasteiger partial charge in [-0.05, 0) is 0 Å². The first-order valence-corrected chi connectivity index (χ1v) is 4.95. The Kier molecular flexibility index (Phi) is 5.65. The molecule has 1 aromatic carbocycles. The minimum atomic E-state index is -3.08. The van der Waals surface area contributed by atoms with Crippen molar-refractivity contribution >= 4 is 23.1 Å². The molecule has 0 bridgehead atoms. The van der Waals surface area contributed by atoms with Crippen LogP contribution >= 0.6 is 0 Å². The van der Waals surface area contributed by atoms with Crippen molar-refractivity contribution in [3.05, 3.63) is 24.3 Å². The number of hydrogen-bond donors (Lipinski definition) is 0. The Bertz CT molecular complexity index is 343. The largest absolute Gasteiger partial charge is 0.870 e. The summed E-state index contributed by atoms with van der Waals surface area (Å²) in [5, 5.41) is 0. The number of hydrogen-bond acceptors (Lipinski definition) is 4. The molecule has 0 radical (unpaired) electrons. The number of rotatable bonds is 1. The van der Waals surface area contributed by atoms with Gasteiger partial charge in [0.05, 0.1) is 0 Å². The van der Waals surface area contributed by atoms with Crippen LogP contribution in [0.5, 0.6) is 0 Å². The second-order valence-electron chi connectivity index (χ2n) is 2.34. The summed E-state index contributed by atoms with van der Waals surface area (Å²) in [4.78, 5) is 0.298. The molecule has 0 unspecified atom stereocenters. The van der Waals surface area contributed by atoms with Gasteiger partial charge >= 0.3 is 67.0 Å². The van der Waals surface area contributed by atoms with E-state index >= 15 is 0 Å².